The Morgan fingerprint density at radius 1 is 0.973 bits per heavy atom. The summed E-state index contributed by atoms with van der Waals surface area (Å²) in [4.78, 5) is 31.5. The van der Waals surface area contributed by atoms with Gasteiger partial charge in [-0.3, -0.25) is 14.9 Å². The summed E-state index contributed by atoms with van der Waals surface area (Å²) in [5.74, 6) is 0.264. The van der Waals surface area contributed by atoms with Crippen molar-refractivity contribution < 1.29 is 14.7 Å². The van der Waals surface area contributed by atoms with Crippen molar-refractivity contribution in [3.8, 4) is 11.3 Å². The van der Waals surface area contributed by atoms with Gasteiger partial charge in [-0.05, 0) is 67.6 Å². The van der Waals surface area contributed by atoms with Crippen LogP contribution in [-0.4, -0.2) is 49.5 Å². The molecule has 9 heteroatoms. The Labute approximate surface area is 218 Å². The Bertz CT molecular complexity index is 1470. The highest BCUT2D eigenvalue weighted by atomic mass is 35.5. The molecule has 2 fully saturated rings. The summed E-state index contributed by atoms with van der Waals surface area (Å²) in [5.41, 5.74) is 2.77. The SMILES string of the molecule is O=C(Nc1nc2cccc(-c3ccc(C(=O)N4CCC(O)(c5ccc(Cl)cc5)CC4)cc3)n2n1)C1CC1. The maximum atomic E-state index is 13.2. The second kappa shape index (κ2) is 9.28. The number of amides is 2. The van der Waals surface area contributed by atoms with Crippen molar-refractivity contribution in [1.29, 1.82) is 0 Å². The maximum absolute atomic E-state index is 13.2. The molecule has 0 spiro atoms. The Balaban J connectivity index is 1.16. The van der Waals surface area contributed by atoms with Crippen LogP contribution in [0.25, 0.3) is 16.9 Å². The molecular formula is C28H26ClN5O3. The lowest BCUT2D eigenvalue weighted by Gasteiger charge is -2.38. The number of nitrogens with one attached hydrogen (secondary N) is 1. The highest BCUT2D eigenvalue weighted by Crippen LogP contribution is 2.34. The number of hydrogen-bond donors (Lipinski definition) is 2. The topological polar surface area (TPSA) is 99.8 Å². The van der Waals surface area contributed by atoms with Gasteiger partial charge in [-0.1, -0.05) is 41.9 Å². The van der Waals surface area contributed by atoms with E-state index in [1.165, 1.54) is 0 Å². The zero-order chi connectivity index (χ0) is 25.6. The van der Waals surface area contributed by atoms with Gasteiger partial charge in [0.25, 0.3) is 5.91 Å². The van der Waals surface area contributed by atoms with Crippen molar-refractivity contribution in [2.24, 2.45) is 5.92 Å². The molecule has 37 heavy (non-hydrogen) atoms. The quantitative estimate of drug-likeness (QED) is 0.407. The first kappa shape index (κ1) is 23.6. The van der Waals surface area contributed by atoms with Crippen molar-refractivity contribution in [3.05, 3.63) is 82.9 Å². The van der Waals surface area contributed by atoms with E-state index in [0.717, 1.165) is 29.7 Å². The molecule has 8 nitrogen and oxygen atoms in total. The van der Waals surface area contributed by atoms with E-state index in [1.807, 2.05) is 54.6 Å². The number of aliphatic hydroxyl groups is 1. The lowest BCUT2D eigenvalue weighted by atomic mass is 9.84. The van der Waals surface area contributed by atoms with Gasteiger partial charge in [0.05, 0.1) is 11.3 Å². The molecule has 2 amide bonds. The van der Waals surface area contributed by atoms with Gasteiger partial charge in [0, 0.05) is 35.2 Å². The van der Waals surface area contributed by atoms with Gasteiger partial charge in [-0.15, -0.1) is 5.10 Å². The summed E-state index contributed by atoms with van der Waals surface area (Å²) in [6.07, 6.45) is 2.76. The zero-order valence-corrected chi connectivity index (χ0v) is 20.9. The van der Waals surface area contributed by atoms with Crippen LogP contribution in [0, 0.1) is 5.92 Å². The monoisotopic (exact) mass is 515 g/mol. The van der Waals surface area contributed by atoms with Crippen LogP contribution in [-0.2, 0) is 10.4 Å². The van der Waals surface area contributed by atoms with E-state index >= 15 is 0 Å². The molecule has 2 aliphatic rings. The van der Waals surface area contributed by atoms with Crippen LogP contribution in [0.2, 0.25) is 5.02 Å². The van der Waals surface area contributed by atoms with Crippen molar-refractivity contribution in [2.75, 3.05) is 18.4 Å². The van der Waals surface area contributed by atoms with E-state index < -0.39 is 5.60 Å². The van der Waals surface area contributed by atoms with Gasteiger partial charge in [0.1, 0.15) is 0 Å². The molecule has 2 N–H and O–H groups in total. The van der Waals surface area contributed by atoms with E-state index in [0.29, 0.717) is 48.1 Å². The standard InChI is InChI=1S/C28H26ClN5O3/c29-22-12-10-21(11-13-22)28(37)14-16-33(17-15-28)26(36)20-8-4-18(5-9-20)23-2-1-3-24-30-27(32-34(23)24)31-25(35)19-6-7-19/h1-5,8-13,19,37H,6-7,14-17H2,(H,31,32,35). The van der Waals surface area contributed by atoms with E-state index in [-0.39, 0.29) is 17.7 Å². The predicted molar refractivity (Wildman–Crippen MR) is 140 cm³/mol. The molecule has 188 valence electrons. The van der Waals surface area contributed by atoms with Crippen LogP contribution in [0.3, 0.4) is 0 Å². The first-order valence-corrected chi connectivity index (χ1v) is 12.8. The van der Waals surface area contributed by atoms with Crippen molar-refractivity contribution in [2.45, 2.75) is 31.3 Å². The first-order chi connectivity index (χ1) is 17.9. The van der Waals surface area contributed by atoms with Gasteiger partial charge in [0.2, 0.25) is 11.9 Å². The van der Waals surface area contributed by atoms with Crippen LogP contribution < -0.4 is 5.32 Å². The molecule has 4 aromatic rings. The maximum Gasteiger partial charge on any atom is 0.253 e. The van der Waals surface area contributed by atoms with Gasteiger partial charge in [-0.25, -0.2) is 4.52 Å². The number of aromatic nitrogens is 3. The number of piperidine rings is 1. The number of carbonyl (C=O) groups excluding carboxylic acids is 2. The summed E-state index contributed by atoms with van der Waals surface area (Å²) in [7, 11) is 0. The third kappa shape index (κ3) is 4.70. The molecule has 0 unspecified atom stereocenters. The van der Waals surface area contributed by atoms with Crippen LogP contribution in [0.1, 0.15) is 41.6 Å². The second-order valence-electron chi connectivity index (χ2n) is 9.79. The number of likely N-dealkylation sites (tertiary alicyclic amines) is 1. The van der Waals surface area contributed by atoms with Crippen molar-refractivity contribution in [3.63, 3.8) is 0 Å². The fraction of sp³-hybridized carbons (Fsp3) is 0.286. The van der Waals surface area contributed by atoms with Crippen LogP contribution in [0.15, 0.2) is 66.7 Å². The molecule has 0 bridgehead atoms. The minimum Gasteiger partial charge on any atom is -0.385 e. The molecule has 1 saturated carbocycles. The number of halogens is 1. The van der Waals surface area contributed by atoms with Gasteiger partial charge in [-0.2, -0.15) is 4.98 Å². The van der Waals surface area contributed by atoms with Crippen molar-refractivity contribution >= 4 is 35.0 Å². The highest BCUT2D eigenvalue weighted by Gasteiger charge is 2.35. The Hall–Kier alpha value is -3.75. The van der Waals surface area contributed by atoms with Crippen LogP contribution >= 0.6 is 11.6 Å². The number of fused-ring (bicyclic) bond motifs is 1. The minimum atomic E-state index is -0.960. The average molecular weight is 516 g/mol. The number of pyridine rings is 1. The largest absolute Gasteiger partial charge is 0.385 e. The summed E-state index contributed by atoms with van der Waals surface area (Å²) >= 11 is 5.98. The first-order valence-electron chi connectivity index (χ1n) is 12.4. The average Bonchev–Trinajstić information content (AvgIpc) is 3.69. The predicted octanol–water partition coefficient (Wildman–Crippen LogP) is 4.52. The van der Waals surface area contributed by atoms with E-state index in [2.05, 4.69) is 15.4 Å². The van der Waals surface area contributed by atoms with Gasteiger partial charge in [0.15, 0.2) is 5.65 Å². The summed E-state index contributed by atoms with van der Waals surface area (Å²) in [6, 6.07) is 20.3. The summed E-state index contributed by atoms with van der Waals surface area (Å²) in [5, 5.41) is 19.0. The smallest absolute Gasteiger partial charge is 0.253 e. The number of carbonyl (C=O) groups is 2. The normalized spacial score (nSPS) is 17.1. The highest BCUT2D eigenvalue weighted by molar-refractivity contribution is 6.30. The Morgan fingerprint density at radius 3 is 2.35 bits per heavy atom. The second-order valence-corrected chi connectivity index (χ2v) is 10.2. The molecule has 0 radical (unpaired) electrons. The number of hydrogen-bond acceptors (Lipinski definition) is 5. The number of benzene rings is 2. The molecule has 1 aliphatic carbocycles. The number of rotatable bonds is 5. The number of anilines is 1. The number of nitrogens with zero attached hydrogens (tertiary/aromatic N) is 4. The molecule has 2 aromatic heterocycles. The summed E-state index contributed by atoms with van der Waals surface area (Å²) < 4.78 is 1.70. The molecule has 2 aromatic carbocycles. The molecular weight excluding hydrogens is 490 g/mol. The van der Waals surface area contributed by atoms with Crippen molar-refractivity contribution in [1.82, 2.24) is 19.5 Å². The molecule has 1 saturated heterocycles. The Morgan fingerprint density at radius 2 is 1.68 bits per heavy atom. The third-order valence-corrected chi connectivity index (χ3v) is 7.48. The van der Waals surface area contributed by atoms with E-state index in [1.54, 1.807) is 21.5 Å². The molecule has 0 atom stereocenters. The molecule has 6 rings (SSSR count). The molecule has 1 aliphatic heterocycles. The fourth-order valence-electron chi connectivity index (χ4n) is 4.83. The van der Waals surface area contributed by atoms with Gasteiger partial charge < -0.3 is 10.0 Å². The van der Waals surface area contributed by atoms with E-state index in [4.69, 9.17) is 11.6 Å². The van der Waals surface area contributed by atoms with Crippen LogP contribution in [0.5, 0.6) is 0 Å². The Kier molecular flexibility index (Phi) is 5.93. The van der Waals surface area contributed by atoms with E-state index in [9.17, 15) is 14.7 Å². The third-order valence-electron chi connectivity index (χ3n) is 7.23. The minimum absolute atomic E-state index is 0.0374. The molecule has 3 heterocycles. The van der Waals surface area contributed by atoms with Crippen LogP contribution in [0.4, 0.5) is 5.95 Å². The summed E-state index contributed by atoms with van der Waals surface area (Å²) in [6.45, 7) is 0.931. The fourth-order valence-corrected chi connectivity index (χ4v) is 4.96. The van der Waals surface area contributed by atoms with Gasteiger partial charge >= 0.3 is 0 Å². The zero-order valence-electron chi connectivity index (χ0n) is 20.1. The lowest BCUT2D eigenvalue weighted by Crippen LogP contribution is -2.45. The lowest BCUT2D eigenvalue weighted by molar-refractivity contribution is -0.117.